The van der Waals surface area contributed by atoms with E-state index in [0.717, 1.165) is 50.5 Å². The molecule has 1 aromatic carbocycles. The molecule has 0 spiro atoms. The van der Waals surface area contributed by atoms with Crippen LogP contribution in [-0.2, 0) is 4.79 Å². The number of halogens is 2. The summed E-state index contributed by atoms with van der Waals surface area (Å²) in [5, 5.41) is 11.4. The lowest BCUT2D eigenvalue weighted by Crippen LogP contribution is -2.50. The number of rotatable bonds is 3. The van der Waals surface area contributed by atoms with Crippen molar-refractivity contribution in [1.82, 2.24) is 0 Å². The van der Waals surface area contributed by atoms with Crippen LogP contribution in [0.4, 0.5) is 0 Å². The van der Waals surface area contributed by atoms with Gasteiger partial charge in [0.1, 0.15) is 0 Å². The molecule has 0 aromatic heterocycles. The maximum atomic E-state index is 13.3. The summed E-state index contributed by atoms with van der Waals surface area (Å²) >= 11 is 12.3. The fraction of sp³-hybridized carbons (Fsp3) is 0.607. The first-order valence-electron chi connectivity index (χ1n) is 12.3. The fourth-order valence-corrected chi connectivity index (χ4v) is 8.51. The van der Waals surface area contributed by atoms with Crippen LogP contribution in [0.5, 0.6) is 0 Å². The number of carbonyl (C=O) groups is 1. The Bertz CT molecular complexity index is 982. The van der Waals surface area contributed by atoms with Gasteiger partial charge in [-0.05, 0) is 110 Å². The Balaban J connectivity index is 1.36. The molecular weight excluding hydrogens is 439 g/mol. The largest absolute Gasteiger partial charge is 0.393 e. The second-order valence-electron chi connectivity index (χ2n) is 11.2. The molecule has 0 heterocycles. The number of ketones is 1. The van der Waals surface area contributed by atoms with Crippen molar-refractivity contribution in [1.29, 1.82) is 0 Å². The van der Waals surface area contributed by atoms with Gasteiger partial charge in [-0.15, -0.1) is 0 Å². The van der Waals surface area contributed by atoms with Crippen LogP contribution in [0.2, 0.25) is 10.0 Å². The SMILES string of the molecule is CC12CCC(O)CC1=CCC1C2CCC2(C)C(C(=O)/C=C/c3ccc(Cl)cc3Cl)CCC12. The third-order valence-corrected chi connectivity index (χ3v) is 10.4. The van der Waals surface area contributed by atoms with Crippen LogP contribution in [-0.4, -0.2) is 17.0 Å². The second kappa shape index (κ2) is 8.29. The standard InChI is InChI=1S/C28H34Cl2O2/c1-27-13-11-20(31)15-18(27)5-7-21-22-8-9-24(28(22,2)14-12-23(21)27)26(32)10-4-17-3-6-19(29)16-25(17)30/h3-6,10,16,20-24,31H,7-9,11-15H2,1-2H3/b10-4+. The van der Waals surface area contributed by atoms with E-state index in [1.54, 1.807) is 12.1 Å². The summed E-state index contributed by atoms with van der Waals surface area (Å²) in [6.45, 7) is 4.85. The molecule has 4 aliphatic carbocycles. The number of allylic oxidation sites excluding steroid dienone is 2. The molecule has 4 aliphatic rings. The number of benzene rings is 1. The van der Waals surface area contributed by atoms with Gasteiger partial charge in [-0.25, -0.2) is 0 Å². The van der Waals surface area contributed by atoms with E-state index >= 15 is 0 Å². The molecule has 7 unspecified atom stereocenters. The molecule has 4 heteroatoms. The van der Waals surface area contributed by atoms with E-state index in [0.29, 0.717) is 27.8 Å². The molecule has 32 heavy (non-hydrogen) atoms. The topological polar surface area (TPSA) is 37.3 Å². The lowest BCUT2D eigenvalue weighted by atomic mass is 9.47. The summed E-state index contributed by atoms with van der Waals surface area (Å²) in [4.78, 5) is 13.3. The molecule has 1 N–H and O–H groups in total. The average molecular weight is 473 g/mol. The van der Waals surface area contributed by atoms with Crippen molar-refractivity contribution < 1.29 is 9.90 Å². The molecule has 0 radical (unpaired) electrons. The Labute approximate surface area is 202 Å². The molecule has 1 aromatic rings. The van der Waals surface area contributed by atoms with Crippen LogP contribution < -0.4 is 0 Å². The summed E-state index contributed by atoms with van der Waals surface area (Å²) in [6, 6.07) is 5.39. The van der Waals surface area contributed by atoms with Gasteiger partial charge in [0.05, 0.1) is 6.10 Å². The lowest BCUT2D eigenvalue weighted by Gasteiger charge is -2.57. The van der Waals surface area contributed by atoms with Gasteiger partial charge in [0.2, 0.25) is 0 Å². The zero-order valence-corrected chi connectivity index (χ0v) is 20.6. The van der Waals surface area contributed by atoms with E-state index in [1.807, 2.05) is 18.2 Å². The molecule has 0 bridgehead atoms. The quantitative estimate of drug-likeness (QED) is 0.364. The Kier molecular flexibility index (Phi) is 5.88. The van der Waals surface area contributed by atoms with Crippen LogP contribution in [0, 0.1) is 34.5 Å². The van der Waals surface area contributed by atoms with Gasteiger partial charge in [-0.3, -0.25) is 4.79 Å². The molecule has 172 valence electrons. The van der Waals surface area contributed by atoms with Gasteiger partial charge in [0.15, 0.2) is 5.78 Å². The normalized spacial score (nSPS) is 41.0. The summed E-state index contributed by atoms with van der Waals surface area (Å²) in [5.74, 6) is 2.33. The zero-order chi connectivity index (χ0) is 22.7. The van der Waals surface area contributed by atoms with Gasteiger partial charge < -0.3 is 5.11 Å². The van der Waals surface area contributed by atoms with Gasteiger partial charge in [0, 0.05) is 16.0 Å². The maximum Gasteiger partial charge on any atom is 0.159 e. The van der Waals surface area contributed by atoms with E-state index in [9.17, 15) is 9.90 Å². The second-order valence-corrected chi connectivity index (χ2v) is 12.1. The average Bonchev–Trinajstić information content (AvgIpc) is 3.11. The third-order valence-electron chi connectivity index (χ3n) is 9.81. The monoisotopic (exact) mass is 472 g/mol. The van der Waals surface area contributed by atoms with Gasteiger partial charge in [-0.1, -0.05) is 54.8 Å². The number of carbonyl (C=O) groups excluding carboxylic acids is 1. The smallest absolute Gasteiger partial charge is 0.159 e. The van der Waals surface area contributed by atoms with E-state index in [1.165, 1.54) is 12.0 Å². The number of fused-ring (bicyclic) bond motifs is 5. The molecular formula is C28H34Cl2O2. The number of hydrogen-bond acceptors (Lipinski definition) is 2. The van der Waals surface area contributed by atoms with Crippen molar-refractivity contribution >= 4 is 35.1 Å². The summed E-state index contributed by atoms with van der Waals surface area (Å²) < 4.78 is 0. The predicted molar refractivity (Wildman–Crippen MR) is 132 cm³/mol. The highest BCUT2D eigenvalue weighted by atomic mass is 35.5. The van der Waals surface area contributed by atoms with Crippen molar-refractivity contribution in [2.75, 3.05) is 0 Å². The number of hydrogen-bond donors (Lipinski definition) is 1. The van der Waals surface area contributed by atoms with E-state index in [4.69, 9.17) is 23.2 Å². The van der Waals surface area contributed by atoms with Crippen LogP contribution in [0.1, 0.15) is 70.8 Å². The van der Waals surface area contributed by atoms with Crippen LogP contribution in [0.15, 0.2) is 35.9 Å². The molecule has 7 atom stereocenters. The maximum absolute atomic E-state index is 13.3. The van der Waals surface area contributed by atoms with Crippen LogP contribution >= 0.6 is 23.2 Å². The van der Waals surface area contributed by atoms with Gasteiger partial charge in [0.25, 0.3) is 0 Å². The van der Waals surface area contributed by atoms with Crippen molar-refractivity contribution in [2.45, 2.75) is 71.3 Å². The van der Waals surface area contributed by atoms with Gasteiger partial charge >= 0.3 is 0 Å². The Morgan fingerprint density at radius 2 is 1.91 bits per heavy atom. The number of aliphatic hydroxyl groups is 1. The molecule has 0 aliphatic heterocycles. The molecule has 3 saturated carbocycles. The van der Waals surface area contributed by atoms with E-state index in [-0.39, 0.29) is 28.6 Å². The summed E-state index contributed by atoms with van der Waals surface area (Å²) in [6.07, 6.45) is 14.4. The Hall–Kier alpha value is -1.09. The fourth-order valence-electron chi connectivity index (χ4n) is 8.03. The first-order valence-corrected chi connectivity index (χ1v) is 13.0. The van der Waals surface area contributed by atoms with E-state index in [2.05, 4.69) is 19.9 Å². The molecule has 2 nitrogen and oxygen atoms in total. The van der Waals surface area contributed by atoms with Crippen molar-refractivity contribution in [3.8, 4) is 0 Å². The minimum absolute atomic E-state index is 0.0856. The van der Waals surface area contributed by atoms with E-state index < -0.39 is 0 Å². The molecule has 0 amide bonds. The predicted octanol–water partition coefficient (Wildman–Crippen LogP) is 7.52. The van der Waals surface area contributed by atoms with Crippen molar-refractivity contribution in [3.63, 3.8) is 0 Å². The van der Waals surface area contributed by atoms with Gasteiger partial charge in [-0.2, -0.15) is 0 Å². The highest BCUT2D eigenvalue weighted by molar-refractivity contribution is 6.35. The minimum atomic E-state index is -0.158. The molecule has 5 rings (SSSR count). The first kappa shape index (κ1) is 22.7. The Morgan fingerprint density at radius 1 is 1.09 bits per heavy atom. The van der Waals surface area contributed by atoms with Crippen molar-refractivity contribution in [3.05, 3.63) is 51.5 Å². The Morgan fingerprint density at radius 3 is 2.69 bits per heavy atom. The highest BCUT2D eigenvalue weighted by Gasteiger charge is 2.59. The highest BCUT2D eigenvalue weighted by Crippen LogP contribution is 2.66. The van der Waals surface area contributed by atoms with Crippen molar-refractivity contribution in [2.24, 2.45) is 34.5 Å². The third kappa shape index (κ3) is 3.62. The number of aliphatic hydroxyl groups excluding tert-OH is 1. The minimum Gasteiger partial charge on any atom is -0.393 e. The molecule has 3 fully saturated rings. The summed E-state index contributed by atoms with van der Waals surface area (Å²) in [5.41, 5.74) is 2.68. The lowest BCUT2D eigenvalue weighted by molar-refractivity contribution is -0.124. The zero-order valence-electron chi connectivity index (χ0n) is 19.1. The first-order chi connectivity index (χ1) is 15.2. The van der Waals surface area contributed by atoms with Crippen LogP contribution in [0.3, 0.4) is 0 Å². The molecule has 0 saturated heterocycles. The van der Waals surface area contributed by atoms with Crippen LogP contribution in [0.25, 0.3) is 6.08 Å². The summed E-state index contributed by atoms with van der Waals surface area (Å²) in [7, 11) is 0.